The van der Waals surface area contributed by atoms with E-state index in [1.54, 1.807) is 18.2 Å². The number of primary amides is 1. The van der Waals surface area contributed by atoms with Gasteiger partial charge in [0.2, 0.25) is 5.91 Å². The summed E-state index contributed by atoms with van der Waals surface area (Å²) in [6.45, 7) is 0.498. The van der Waals surface area contributed by atoms with Crippen LogP contribution in [0.3, 0.4) is 0 Å². The third kappa shape index (κ3) is 3.08. The molecule has 2 rings (SSSR count). The van der Waals surface area contributed by atoms with Gasteiger partial charge in [0.25, 0.3) is 5.91 Å². The number of nitrogens with two attached hydrogens (primary N) is 1. The Bertz CT molecular complexity index is 532. The van der Waals surface area contributed by atoms with E-state index in [0.717, 1.165) is 0 Å². The Hall–Kier alpha value is -2.28. The van der Waals surface area contributed by atoms with E-state index in [-0.39, 0.29) is 25.2 Å². The molecule has 0 atom stereocenters. The molecule has 1 heterocycles. The maximum absolute atomic E-state index is 12.5. The summed E-state index contributed by atoms with van der Waals surface area (Å²) >= 11 is 0. The normalized spacial score (nSPS) is 15.7. The van der Waals surface area contributed by atoms with Gasteiger partial charge in [-0.1, -0.05) is 6.07 Å². The minimum Gasteiger partial charge on any atom is -0.496 e. The van der Waals surface area contributed by atoms with Crippen LogP contribution in [0.15, 0.2) is 18.2 Å². The Balaban J connectivity index is 2.26. The molecule has 21 heavy (non-hydrogen) atoms. The van der Waals surface area contributed by atoms with Gasteiger partial charge in [-0.15, -0.1) is 0 Å². The van der Waals surface area contributed by atoms with Crippen LogP contribution in [0.1, 0.15) is 16.8 Å². The van der Waals surface area contributed by atoms with Gasteiger partial charge in [0.05, 0.1) is 39.4 Å². The van der Waals surface area contributed by atoms with Gasteiger partial charge in [-0.25, -0.2) is 0 Å². The molecule has 114 valence electrons. The Morgan fingerprint density at radius 3 is 2.24 bits per heavy atom. The number of benzene rings is 1. The number of amides is 2. The lowest BCUT2D eigenvalue weighted by molar-refractivity contribution is -0.127. The molecule has 1 saturated heterocycles. The lowest BCUT2D eigenvalue weighted by Crippen LogP contribution is -2.63. The predicted octanol–water partition coefficient (Wildman–Crippen LogP) is 0.0780. The van der Waals surface area contributed by atoms with E-state index in [1.807, 2.05) is 0 Å². The van der Waals surface area contributed by atoms with E-state index in [9.17, 15) is 9.59 Å². The van der Waals surface area contributed by atoms with Crippen molar-refractivity contribution in [3.63, 3.8) is 0 Å². The summed E-state index contributed by atoms with van der Waals surface area (Å²) in [5, 5.41) is 2.80. The van der Waals surface area contributed by atoms with Gasteiger partial charge < -0.3 is 25.3 Å². The highest BCUT2D eigenvalue weighted by atomic mass is 16.5. The van der Waals surface area contributed by atoms with Gasteiger partial charge >= 0.3 is 0 Å². The molecule has 3 N–H and O–H groups in total. The quantitative estimate of drug-likeness (QED) is 0.774. The van der Waals surface area contributed by atoms with Gasteiger partial charge in [-0.3, -0.25) is 9.59 Å². The third-order valence-corrected chi connectivity index (χ3v) is 3.30. The van der Waals surface area contributed by atoms with Gasteiger partial charge in [-0.05, 0) is 12.1 Å². The zero-order chi connectivity index (χ0) is 15.5. The van der Waals surface area contributed by atoms with Crippen molar-refractivity contribution in [2.45, 2.75) is 12.0 Å². The van der Waals surface area contributed by atoms with Crippen LogP contribution in [-0.2, 0) is 9.53 Å². The maximum atomic E-state index is 12.5. The maximum Gasteiger partial charge on any atom is 0.259 e. The Morgan fingerprint density at radius 1 is 1.29 bits per heavy atom. The molecule has 7 nitrogen and oxygen atoms in total. The molecule has 0 bridgehead atoms. The molecule has 1 aromatic carbocycles. The van der Waals surface area contributed by atoms with E-state index in [1.165, 1.54) is 14.2 Å². The second-order valence-electron chi connectivity index (χ2n) is 4.91. The molecule has 2 amide bonds. The topological polar surface area (TPSA) is 99.9 Å². The molecular weight excluding hydrogens is 276 g/mol. The van der Waals surface area contributed by atoms with Crippen LogP contribution in [0.4, 0.5) is 0 Å². The molecule has 0 spiro atoms. The molecule has 0 unspecified atom stereocenters. The van der Waals surface area contributed by atoms with Gasteiger partial charge in [0.1, 0.15) is 17.1 Å². The van der Waals surface area contributed by atoms with Crippen LogP contribution >= 0.6 is 0 Å². The van der Waals surface area contributed by atoms with Crippen molar-refractivity contribution in [3.8, 4) is 11.5 Å². The van der Waals surface area contributed by atoms with E-state index >= 15 is 0 Å². The molecule has 1 aliphatic heterocycles. The zero-order valence-corrected chi connectivity index (χ0v) is 12.0. The van der Waals surface area contributed by atoms with Crippen molar-refractivity contribution in [3.05, 3.63) is 23.8 Å². The fourth-order valence-electron chi connectivity index (χ4n) is 2.28. The summed E-state index contributed by atoms with van der Waals surface area (Å²) in [6.07, 6.45) is 0.0240. The first kappa shape index (κ1) is 15.1. The zero-order valence-electron chi connectivity index (χ0n) is 12.0. The van der Waals surface area contributed by atoms with Crippen molar-refractivity contribution in [1.29, 1.82) is 0 Å². The van der Waals surface area contributed by atoms with Crippen molar-refractivity contribution in [2.75, 3.05) is 27.4 Å². The van der Waals surface area contributed by atoms with Crippen LogP contribution in [0.2, 0.25) is 0 Å². The van der Waals surface area contributed by atoms with Crippen LogP contribution in [-0.4, -0.2) is 44.8 Å². The largest absolute Gasteiger partial charge is 0.496 e. The number of hydrogen-bond donors (Lipinski definition) is 2. The minimum atomic E-state index is -0.755. The molecule has 0 aromatic heterocycles. The van der Waals surface area contributed by atoms with Gasteiger partial charge in [-0.2, -0.15) is 0 Å². The van der Waals surface area contributed by atoms with E-state index in [4.69, 9.17) is 19.9 Å². The van der Waals surface area contributed by atoms with Crippen molar-refractivity contribution < 1.29 is 23.8 Å². The van der Waals surface area contributed by atoms with Crippen LogP contribution in [0.25, 0.3) is 0 Å². The lowest BCUT2D eigenvalue weighted by atomic mass is 9.92. The molecule has 0 aliphatic carbocycles. The van der Waals surface area contributed by atoms with Crippen LogP contribution < -0.4 is 20.5 Å². The summed E-state index contributed by atoms with van der Waals surface area (Å²) in [7, 11) is 2.94. The standard InChI is InChI=1S/C14H18N2O5/c1-19-9-4-3-5-10(20-2)12(9)13(18)16-14(6-11(15)17)7-21-8-14/h3-5H,6-8H2,1-2H3,(H2,15,17)(H,16,18). The monoisotopic (exact) mass is 294 g/mol. The lowest BCUT2D eigenvalue weighted by Gasteiger charge is -2.41. The highest BCUT2D eigenvalue weighted by Gasteiger charge is 2.42. The minimum absolute atomic E-state index is 0.0240. The van der Waals surface area contributed by atoms with Gasteiger partial charge in [0.15, 0.2) is 0 Å². The Labute approximate surface area is 122 Å². The average Bonchev–Trinajstić information content (AvgIpc) is 2.43. The number of methoxy groups -OCH3 is 2. The molecule has 0 saturated carbocycles. The summed E-state index contributed by atoms with van der Waals surface area (Å²) in [6, 6.07) is 5.05. The highest BCUT2D eigenvalue weighted by Crippen LogP contribution is 2.30. The first-order chi connectivity index (χ1) is 10.0. The van der Waals surface area contributed by atoms with Crippen molar-refractivity contribution >= 4 is 11.8 Å². The average molecular weight is 294 g/mol. The number of carbonyl (C=O) groups is 2. The fraction of sp³-hybridized carbons (Fsp3) is 0.429. The van der Waals surface area contributed by atoms with Crippen molar-refractivity contribution in [1.82, 2.24) is 5.32 Å². The molecule has 1 aromatic rings. The molecule has 7 heteroatoms. The SMILES string of the molecule is COc1cccc(OC)c1C(=O)NC1(CC(N)=O)COC1. The molecular formula is C14H18N2O5. The number of hydrogen-bond acceptors (Lipinski definition) is 5. The third-order valence-electron chi connectivity index (χ3n) is 3.30. The number of nitrogens with one attached hydrogen (secondary N) is 1. The molecule has 1 aliphatic rings. The highest BCUT2D eigenvalue weighted by molar-refractivity contribution is 6.00. The summed E-state index contributed by atoms with van der Waals surface area (Å²) in [5.74, 6) is -0.109. The van der Waals surface area contributed by atoms with E-state index in [2.05, 4.69) is 5.32 Å². The van der Waals surface area contributed by atoms with E-state index < -0.39 is 17.4 Å². The predicted molar refractivity (Wildman–Crippen MR) is 74.4 cm³/mol. The summed E-state index contributed by atoms with van der Waals surface area (Å²) in [5.41, 5.74) is 4.74. The first-order valence-electron chi connectivity index (χ1n) is 6.41. The first-order valence-corrected chi connectivity index (χ1v) is 6.41. The van der Waals surface area contributed by atoms with Gasteiger partial charge in [0, 0.05) is 0 Å². The number of carbonyl (C=O) groups excluding carboxylic acids is 2. The van der Waals surface area contributed by atoms with Crippen LogP contribution in [0.5, 0.6) is 11.5 Å². The van der Waals surface area contributed by atoms with Crippen LogP contribution in [0, 0.1) is 0 Å². The molecule has 0 radical (unpaired) electrons. The van der Waals surface area contributed by atoms with Crippen molar-refractivity contribution in [2.24, 2.45) is 5.73 Å². The number of ether oxygens (including phenoxy) is 3. The number of rotatable bonds is 6. The Morgan fingerprint density at radius 2 is 1.86 bits per heavy atom. The Kier molecular flexibility index (Phi) is 4.32. The second-order valence-corrected chi connectivity index (χ2v) is 4.91. The second kappa shape index (κ2) is 6.01. The summed E-state index contributed by atoms with van der Waals surface area (Å²) in [4.78, 5) is 23.7. The smallest absolute Gasteiger partial charge is 0.259 e. The van der Waals surface area contributed by atoms with E-state index in [0.29, 0.717) is 11.5 Å². The molecule has 1 fully saturated rings. The summed E-state index contributed by atoms with van der Waals surface area (Å²) < 4.78 is 15.5. The fourth-order valence-corrected chi connectivity index (χ4v) is 2.28.